The molecule has 368 valence electrons. The van der Waals surface area contributed by atoms with E-state index in [-0.39, 0.29) is 0 Å². The maximum atomic E-state index is 15.8. The highest BCUT2D eigenvalue weighted by atomic mass is 31.2. The van der Waals surface area contributed by atoms with Gasteiger partial charge in [-0.15, -0.1) is 0 Å². The van der Waals surface area contributed by atoms with Crippen molar-refractivity contribution in [3.63, 3.8) is 0 Å². The minimum Gasteiger partial charge on any atom is -0.378 e. The molecular formula is C72H54N3OP. The highest BCUT2D eigenvalue weighted by molar-refractivity contribution is 7.85. The Hall–Kier alpha value is -10.0. The summed E-state index contributed by atoms with van der Waals surface area (Å²) >= 11 is 0. The molecule has 4 nitrogen and oxygen atoms in total. The van der Waals surface area contributed by atoms with Gasteiger partial charge >= 0.3 is 0 Å². The van der Waals surface area contributed by atoms with Crippen LogP contribution in [-0.2, 0) is 4.57 Å². The van der Waals surface area contributed by atoms with Crippen LogP contribution in [0.1, 0.15) is 66.8 Å². The molecule has 0 amide bonds. The summed E-state index contributed by atoms with van der Waals surface area (Å²) in [6.07, 6.45) is 0. The Balaban J connectivity index is 0.929. The lowest BCUT2D eigenvalue weighted by Crippen LogP contribution is -2.25. The number of hydrogen-bond acceptors (Lipinski definition) is 4. The van der Waals surface area contributed by atoms with Gasteiger partial charge in [-0.3, -0.25) is 0 Å². The first-order valence-corrected chi connectivity index (χ1v) is 26.8. The van der Waals surface area contributed by atoms with Crippen LogP contribution in [0.15, 0.2) is 218 Å². The van der Waals surface area contributed by atoms with Gasteiger partial charge in [0.2, 0.25) is 0 Å². The van der Waals surface area contributed by atoms with Crippen LogP contribution in [0.5, 0.6) is 0 Å². The summed E-state index contributed by atoms with van der Waals surface area (Å²) < 4.78 is 15.8. The number of rotatable bonds is 6. The molecule has 0 saturated carbocycles. The van der Waals surface area contributed by atoms with Gasteiger partial charge in [-0.2, -0.15) is 0 Å². The lowest BCUT2D eigenvalue weighted by Gasteiger charge is -2.20. The Morgan fingerprint density at radius 3 is 0.455 bits per heavy atom. The maximum Gasteiger partial charge on any atom is 0.171 e. The summed E-state index contributed by atoms with van der Waals surface area (Å²) in [5, 5.41) is 2.09. The highest BCUT2D eigenvalue weighted by Gasteiger charge is 2.29. The Bertz CT molecular complexity index is 3550. The molecule has 77 heavy (non-hydrogen) atoms. The molecular weight excluding hydrogens is 954 g/mol. The second-order valence-electron chi connectivity index (χ2n) is 18.8. The summed E-state index contributed by atoms with van der Waals surface area (Å²) in [6.45, 7) is 0. The topological polar surface area (TPSA) is 26.8 Å². The van der Waals surface area contributed by atoms with Crippen molar-refractivity contribution in [2.75, 3.05) is 57.0 Å². The fourth-order valence-electron chi connectivity index (χ4n) is 8.02. The molecule has 0 radical (unpaired) electrons. The molecule has 0 saturated heterocycles. The van der Waals surface area contributed by atoms with Crippen LogP contribution >= 0.6 is 7.14 Å². The van der Waals surface area contributed by atoms with Gasteiger partial charge in [0.15, 0.2) is 7.14 Å². The normalized spacial score (nSPS) is 10.2. The summed E-state index contributed by atoms with van der Waals surface area (Å²) in [7, 11) is 8.76. The van der Waals surface area contributed by atoms with E-state index in [9.17, 15) is 0 Å². The molecule has 0 bridgehead atoms. The first-order chi connectivity index (χ1) is 37.4. The minimum absolute atomic E-state index is 0.697. The number of anilines is 3. The first-order valence-electron chi connectivity index (χ1n) is 25.1. The average molecular weight is 1010 g/mol. The largest absolute Gasteiger partial charge is 0.378 e. The van der Waals surface area contributed by atoms with Crippen molar-refractivity contribution >= 4 is 40.1 Å². The number of benzene rings is 9. The van der Waals surface area contributed by atoms with Gasteiger partial charge in [-0.25, -0.2) is 0 Å². The Kier molecular flexibility index (Phi) is 16.4. The zero-order chi connectivity index (χ0) is 53.6. The molecule has 5 heteroatoms. The van der Waals surface area contributed by atoms with E-state index in [0.29, 0.717) is 15.9 Å². The fraction of sp³-hybridized carbons (Fsp3) is 0.0833. The van der Waals surface area contributed by atoms with Crippen LogP contribution in [0.4, 0.5) is 17.1 Å². The van der Waals surface area contributed by atoms with Crippen LogP contribution in [0.25, 0.3) is 0 Å². The summed E-state index contributed by atoms with van der Waals surface area (Å²) in [6, 6.07) is 71.6. The van der Waals surface area contributed by atoms with Gasteiger partial charge in [0.25, 0.3) is 0 Å². The molecule has 0 fully saturated rings. The zero-order valence-electron chi connectivity index (χ0n) is 44.0. The van der Waals surface area contributed by atoms with Gasteiger partial charge < -0.3 is 19.3 Å². The van der Waals surface area contributed by atoms with Gasteiger partial charge in [0, 0.05) is 142 Å². The van der Waals surface area contributed by atoms with E-state index in [2.05, 4.69) is 122 Å². The Morgan fingerprint density at radius 1 is 0.208 bits per heavy atom. The molecule has 0 atom stereocenters. The molecule has 0 aliphatic heterocycles. The maximum absolute atomic E-state index is 15.8. The zero-order valence-corrected chi connectivity index (χ0v) is 44.9. The lowest BCUT2D eigenvalue weighted by molar-refractivity contribution is 0.592. The van der Waals surface area contributed by atoms with Crippen molar-refractivity contribution in [2.45, 2.75) is 0 Å². The summed E-state index contributed by atoms with van der Waals surface area (Å²) in [5.74, 6) is 39.3. The third kappa shape index (κ3) is 13.8. The molecule has 0 unspecified atom stereocenters. The minimum atomic E-state index is -3.38. The van der Waals surface area contributed by atoms with Gasteiger partial charge in [-0.05, 0) is 218 Å². The number of nitrogens with zero attached hydrogens (tertiary/aromatic N) is 3. The second-order valence-corrected chi connectivity index (χ2v) is 21.6. The van der Waals surface area contributed by atoms with Gasteiger partial charge in [0.1, 0.15) is 0 Å². The third-order valence-electron chi connectivity index (χ3n) is 12.6. The Labute approximate surface area is 455 Å². The first kappa shape index (κ1) is 51.9. The van der Waals surface area contributed by atoms with E-state index in [1.807, 2.05) is 224 Å². The van der Waals surface area contributed by atoms with Crippen LogP contribution in [0.3, 0.4) is 0 Å². The molecule has 0 N–H and O–H groups in total. The van der Waals surface area contributed by atoms with Crippen molar-refractivity contribution in [2.24, 2.45) is 0 Å². The van der Waals surface area contributed by atoms with Crippen LogP contribution in [0.2, 0.25) is 0 Å². The van der Waals surface area contributed by atoms with Crippen LogP contribution in [-0.4, -0.2) is 42.3 Å². The molecule has 0 aliphatic carbocycles. The van der Waals surface area contributed by atoms with Crippen molar-refractivity contribution in [1.29, 1.82) is 0 Å². The van der Waals surface area contributed by atoms with E-state index in [1.54, 1.807) is 0 Å². The van der Waals surface area contributed by atoms with Gasteiger partial charge in [0.05, 0.1) is 0 Å². The monoisotopic (exact) mass is 1010 g/mol. The van der Waals surface area contributed by atoms with Crippen molar-refractivity contribution in [1.82, 2.24) is 0 Å². The van der Waals surface area contributed by atoms with Gasteiger partial charge in [-0.1, -0.05) is 71.0 Å². The number of hydrogen-bond donors (Lipinski definition) is 0. The highest BCUT2D eigenvalue weighted by Crippen LogP contribution is 2.42. The predicted octanol–water partition coefficient (Wildman–Crippen LogP) is 11.9. The predicted molar refractivity (Wildman–Crippen MR) is 323 cm³/mol. The standard InChI is InChI=1S/C72H54N3OP/c1-73(2)67-43-31-61(32-44-67)25-19-55-7-13-58(14-8-55)22-28-64-37-49-70(50-38-64)77(76,71-51-39-65(40-52-71)29-23-59-15-9-56(10-16-59)20-26-62-33-45-68(46-34-62)74(3)4)72-53-41-66(42-54-72)30-24-60-17-11-57(12-18-60)21-27-63-35-47-69(48-36-63)75(5)6/h7-18,31-54H,1-6H3. The molecule has 0 aromatic heterocycles. The Morgan fingerprint density at radius 2 is 0.325 bits per heavy atom. The SMILES string of the molecule is CN(C)c1ccc(C#Cc2ccc(C#Cc3ccc(P(=O)(c4ccc(C#Cc5ccc(C#Cc6ccc(N(C)C)cc6)cc5)cc4)c4ccc(C#Cc5ccc(C#Cc6ccc(N(C)C)cc6)cc5)cc4)cc3)cc2)cc1. The van der Waals surface area contributed by atoms with E-state index in [0.717, 1.165) is 83.8 Å². The molecule has 9 rings (SSSR count). The third-order valence-corrected chi connectivity index (χ3v) is 15.7. The summed E-state index contributed by atoms with van der Waals surface area (Å²) in [5.41, 5.74) is 14.1. The molecule has 0 aliphatic rings. The van der Waals surface area contributed by atoms with Crippen molar-refractivity contribution < 1.29 is 4.57 Å². The molecule has 9 aromatic rings. The van der Waals surface area contributed by atoms with Crippen LogP contribution < -0.4 is 30.6 Å². The quantitative estimate of drug-likeness (QED) is 0.123. The smallest absolute Gasteiger partial charge is 0.171 e. The molecule has 9 aromatic carbocycles. The van der Waals surface area contributed by atoms with E-state index in [1.165, 1.54) is 0 Å². The van der Waals surface area contributed by atoms with E-state index >= 15 is 4.57 Å². The average Bonchev–Trinajstić information content (AvgIpc) is 3.52. The molecule has 0 spiro atoms. The molecule has 0 heterocycles. The fourth-order valence-corrected chi connectivity index (χ4v) is 10.6. The van der Waals surface area contributed by atoms with E-state index < -0.39 is 7.14 Å². The van der Waals surface area contributed by atoms with E-state index in [4.69, 9.17) is 0 Å². The van der Waals surface area contributed by atoms with Crippen molar-refractivity contribution in [3.8, 4) is 71.0 Å². The van der Waals surface area contributed by atoms with Crippen molar-refractivity contribution in [3.05, 3.63) is 285 Å². The summed E-state index contributed by atoms with van der Waals surface area (Å²) in [4.78, 5) is 6.20. The second kappa shape index (κ2) is 24.3. The lowest BCUT2D eigenvalue weighted by atomic mass is 10.1. The van der Waals surface area contributed by atoms with Crippen LogP contribution in [0, 0.1) is 71.0 Å².